The van der Waals surface area contributed by atoms with Gasteiger partial charge in [-0.2, -0.15) is 6.08 Å². The summed E-state index contributed by atoms with van der Waals surface area (Å²) in [7, 11) is 0. The first kappa shape index (κ1) is 19.8. The zero-order valence-electron chi connectivity index (χ0n) is 8.76. The van der Waals surface area contributed by atoms with Gasteiger partial charge in [0, 0.05) is 30.3 Å². The first-order valence-electron chi connectivity index (χ1n) is 4.37. The van der Waals surface area contributed by atoms with Gasteiger partial charge in [-0.3, -0.25) is 6.08 Å². The van der Waals surface area contributed by atoms with Crippen molar-refractivity contribution in [3.63, 3.8) is 0 Å². The van der Waals surface area contributed by atoms with Crippen molar-refractivity contribution < 1.29 is 31.4 Å². The monoisotopic (exact) mass is 253 g/mol. The number of carbonyl (C=O) groups is 2. The molecule has 4 heteroatoms. The summed E-state index contributed by atoms with van der Waals surface area (Å²) >= 11 is 0. The number of rotatable bonds is 0. The molecule has 88 valence electrons. The largest absolute Gasteiger partial charge is 0.381 e. The van der Waals surface area contributed by atoms with Crippen molar-refractivity contribution in [2.45, 2.75) is 19.3 Å². The van der Waals surface area contributed by atoms with Crippen molar-refractivity contribution in [1.29, 1.82) is 0 Å². The Hall–Kier alpha value is -0.701. The molecule has 2 aliphatic rings. The van der Waals surface area contributed by atoms with Gasteiger partial charge in [0.2, 0.25) is 0 Å². The molecule has 0 aromatic rings. The summed E-state index contributed by atoms with van der Waals surface area (Å²) in [6.45, 7) is 6.00. The van der Waals surface area contributed by atoms with Crippen LogP contribution in [-0.2, 0) is 31.4 Å². The zero-order chi connectivity index (χ0) is 11.1. The average Bonchev–Trinajstić information content (AvgIpc) is 3.01. The fraction of sp³-hybridized carbons (Fsp3) is 0.455. The zero-order valence-corrected chi connectivity index (χ0v) is 9.86. The van der Waals surface area contributed by atoms with Crippen LogP contribution in [0.3, 0.4) is 0 Å². The molecule has 0 saturated carbocycles. The molecule has 1 saturated heterocycles. The van der Waals surface area contributed by atoms with Crippen molar-refractivity contribution >= 4 is 13.6 Å². The Morgan fingerprint density at radius 1 is 1.07 bits per heavy atom. The van der Waals surface area contributed by atoms with Gasteiger partial charge in [0.1, 0.15) is 13.6 Å². The molecule has 0 N–H and O–H groups in total. The van der Waals surface area contributed by atoms with Gasteiger partial charge in [-0.05, 0) is 12.8 Å². The van der Waals surface area contributed by atoms with Crippen LogP contribution in [0.4, 0.5) is 0 Å². The second-order valence-electron chi connectivity index (χ2n) is 2.32. The van der Waals surface area contributed by atoms with E-state index in [2.05, 4.69) is 12.2 Å². The Morgan fingerprint density at radius 3 is 1.73 bits per heavy atom. The summed E-state index contributed by atoms with van der Waals surface area (Å²) < 4.78 is 4.94. The van der Waals surface area contributed by atoms with Crippen molar-refractivity contribution in [3.8, 4) is 0 Å². The van der Waals surface area contributed by atoms with Crippen LogP contribution in [0.2, 0.25) is 0 Å². The first-order valence-corrected chi connectivity index (χ1v) is 4.37. The van der Waals surface area contributed by atoms with E-state index in [0.29, 0.717) is 0 Å². The Kier molecular flexibility index (Phi) is 30.7. The smallest absolute Gasteiger partial charge is 0.106 e. The van der Waals surface area contributed by atoms with Crippen molar-refractivity contribution in [3.05, 3.63) is 24.3 Å². The van der Waals surface area contributed by atoms with Gasteiger partial charge in [-0.25, -0.2) is 12.2 Å². The molecule has 0 spiro atoms. The fourth-order valence-electron chi connectivity index (χ4n) is 0.851. The van der Waals surface area contributed by atoms with Crippen LogP contribution in [0, 0.1) is 6.08 Å². The average molecular weight is 253 g/mol. The van der Waals surface area contributed by atoms with E-state index in [1.807, 2.05) is 25.7 Å². The molecule has 15 heavy (non-hydrogen) atoms. The maximum absolute atomic E-state index is 8.00. The van der Waals surface area contributed by atoms with E-state index in [-0.39, 0.29) is 17.1 Å². The SMILES string of the molecule is C1CCOC1.C=O.C=O.[C-]1=CC=CC1.[Fe]. The van der Waals surface area contributed by atoms with Gasteiger partial charge in [0.25, 0.3) is 0 Å². The van der Waals surface area contributed by atoms with Crippen molar-refractivity contribution in [1.82, 2.24) is 0 Å². The van der Waals surface area contributed by atoms with Gasteiger partial charge in [0.05, 0.1) is 0 Å². The van der Waals surface area contributed by atoms with E-state index in [1.165, 1.54) is 12.8 Å². The van der Waals surface area contributed by atoms with Crippen LogP contribution < -0.4 is 0 Å². The molecule has 0 bridgehead atoms. The molecular formula is C11H17FeO3-. The number of allylic oxidation sites excluding steroid dienone is 4. The molecule has 1 fully saturated rings. The molecule has 0 unspecified atom stereocenters. The second-order valence-corrected chi connectivity index (χ2v) is 2.32. The van der Waals surface area contributed by atoms with Crippen LogP contribution in [0.25, 0.3) is 0 Å². The molecule has 0 aromatic carbocycles. The number of hydrogen-bond donors (Lipinski definition) is 0. The summed E-state index contributed by atoms with van der Waals surface area (Å²) in [5, 5.41) is 0. The predicted octanol–water partition coefficient (Wildman–Crippen LogP) is 1.73. The summed E-state index contributed by atoms with van der Waals surface area (Å²) in [5.74, 6) is 0. The molecule has 2 rings (SSSR count). The molecule has 1 aliphatic carbocycles. The Bertz CT molecular complexity index is 134. The molecule has 3 nitrogen and oxygen atoms in total. The second kappa shape index (κ2) is 23.3. The Balaban J connectivity index is -0.000000138. The minimum Gasteiger partial charge on any atom is -0.381 e. The molecule has 0 amide bonds. The molecule has 0 atom stereocenters. The van der Waals surface area contributed by atoms with Crippen molar-refractivity contribution in [2.24, 2.45) is 0 Å². The van der Waals surface area contributed by atoms with Crippen LogP contribution >= 0.6 is 0 Å². The number of carbonyl (C=O) groups excluding carboxylic acids is 2. The summed E-state index contributed by atoms with van der Waals surface area (Å²) in [6, 6.07) is 0. The van der Waals surface area contributed by atoms with Crippen LogP contribution in [0.15, 0.2) is 18.2 Å². The molecule has 1 heterocycles. The van der Waals surface area contributed by atoms with E-state index in [0.717, 1.165) is 19.6 Å². The third-order valence-electron chi connectivity index (χ3n) is 1.41. The van der Waals surface area contributed by atoms with Gasteiger partial charge >= 0.3 is 0 Å². The quantitative estimate of drug-likeness (QED) is 0.487. The summed E-state index contributed by atoms with van der Waals surface area (Å²) in [5.41, 5.74) is 0. The normalized spacial score (nSPS) is 14.4. The summed E-state index contributed by atoms with van der Waals surface area (Å²) in [6.07, 6.45) is 12.6. The minimum absolute atomic E-state index is 0. The number of hydrogen-bond acceptors (Lipinski definition) is 3. The van der Waals surface area contributed by atoms with Crippen molar-refractivity contribution in [2.75, 3.05) is 13.2 Å². The minimum atomic E-state index is 0. The topological polar surface area (TPSA) is 43.4 Å². The Morgan fingerprint density at radius 2 is 1.60 bits per heavy atom. The van der Waals surface area contributed by atoms with Crippen LogP contribution in [0.1, 0.15) is 19.3 Å². The predicted molar refractivity (Wildman–Crippen MR) is 55.9 cm³/mol. The van der Waals surface area contributed by atoms with Gasteiger partial charge in [-0.15, -0.1) is 6.42 Å². The maximum Gasteiger partial charge on any atom is 0.106 e. The van der Waals surface area contributed by atoms with Crippen LogP contribution in [0.5, 0.6) is 0 Å². The van der Waals surface area contributed by atoms with Gasteiger partial charge in [-0.1, -0.05) is 0 Å². The van der Waals surface area contributed by atoms with Gasteiger partial charge in [0.15, 0.2) is 0 Å². The molecule has 1 aliphatic heterocycles. The third-order valence-corrected chi connectivity index (χ3v) is 1.41. The number of ether oxygens (including phenoxy) is 1. The van der Waals surface area contributed by atoms with E-state index >= 15 is 0 Å². The first-order chi connectivity index (χ1) is 7.00. The Labute approximate surface area is 102 Å². The van der Waals surface area contributed by atoms with Crippen LogP contribution in [-0.4, -0.2) is 26.8 Å². The standard InChI is InChI=1S/C5H5.C4H8O.2CH2O.Fe/c2*1-2-4-5-3-1;2*1-2;/h1-3H,4H2;1-4H2;2*1H2;/q-1;;;;. The van der Waals surface area contributed by atoms with Gasteiger partial charge < -0.3 is 14.3 Å². The molecule has 0 aromatic heterocycles. The third kappa shape index (κ3) is 19.6. The van der Waals surface area contributed by atoms with E-state index in [4.69, 9.17) is 14.3 Å². The van der Waals surface area contributed by atoms with E-state index in [1.54, 1.807) is 0 Å². The fourth-order valence-corrected chi connectivity index (χ4v) is 0.851. The maximum atomic E-state index is 8.00. The van der Waals surface area contributed by atoms with E-state index < -0.39 is 0 Å². The molecular weight excluding hydrogens is 236 g/mol. The van der Waals surface area contributed by atoms with E-state index in [9.17, 15) is 0 Å². The summed E-state index contributed by atoms with van der Waals surface area (Å²) in [4.78, 5) is 16.0. The molecule has 0 radical (unpaired) electrons.